The largest absolute Gasteiger partial charge is 0.462 e. The first-order chi connectivity index (χ1) is 6.67. The molecule has 0 aromatic rings. The van der Waals surface area contributed by atoms with Crippen LogP contribution in [0.3, 0.4) is 0 Å². The number of ketones is 1. The van der Waals surface area contributed by atoms with Crippen molar-refractivity contribution in [2.75, 3.05) is 6.61 Å². The fourth-order valence-electron chi connectivity index (χ4n) is 1.09. The number of rotatable bonds is 6. The molecule has 0 unspecified atom stereocenters. The van der Waals surface area contributed by atoms with Gasteiger partial charge in [-0.1, -0.05) is 19.9 Å². The van der Waals surface area contributed by atoms with Crippen LogP contribution >= 0.6 is 0 Å². The average Bonchev–Trinajstić information content (AvgIpc) is 2.14. The molecule has 0 saturated heterocycles. The summed E-state index contributed by atoms with van der Waals surface area (Å²) in [6.45, 7) is 5.83. The van der Waals surface area contributed by atoms with Gasteiger partial charge < -0.3 is 4.74 Å². The third-order valence-electron chi connectivity index (χ3n) is 1.68. The van der Waals surface area contributed by atoms with E-state index >= 15 is 0 Å². The highest BCUT2D eigenvalue weighted by Crippen LogP contribution is 2.06. The molecule has 0 fully saturated rings. The number of ether oxygens (including phenoxy) is 1. The molecule has 3 heteroatoms. The first kappa shape index (κ1) is 12.9. The molecule has 14 heavy (non-hydrogen) atoms. The van der Waals surface area contributed by atoms with E-state index in [1.165, 1.54) is 0 Å². The fraction of sp³-hybridized carbons (Fsp3) is 0.636. The monoisotopic (exact) mass is 198 g/mol. The second kappa shape index (κ2) is 7.30. The molecule has 0 heterocycles. The summed E-state index contributed by atoms with van der Waals surface area (Å²) in [6.07, 6.45) is 3.46. The van der Waals surface area contributed by atoms with Crippen molar-refractivity contribution in [1.29, 1.82) is 0 Å². The van der Waals surface area contributed by atoms with E-state index in [9.17, 15) is 9.59 Å². The molecule has 0 bridgehead atoms. The molecule has 0 aliphatic carbocycles. The van der Waals surface area contributed by atoms with E-state index in [1.54, 1.807) is 13.0 Å². The number of carbonyl (C=O) groups is 2. The van der Waals surface area contributed by atoms with Crippen LogP contribution in [0.1, 0.15) is 40.0 Å². The van der Waals surface area contributed by atoms with Crippen LogP contribution in [0.5, 0.6) is 0 Å². The lowest BCUT2D eigenvalue weighted by Crippen LogP contribution is -2.15. The molecule has 0 radical (unpaired) electrons. The van der Waals surface area contributed by atoms with Crippen LogP contribution in [0, 0.1) is 0 Å². The standard InChI is InChI=1S/C11H18O3/c1-4-7-9(10(12)8-5-2)11(13)14-6-3/h7H,4-6,8H2,1-3H3/b9-7-. The Bertz CT molecular complexity index is 209. The molecule has 0 rings (SSSR count). The Labute approximate surface area is 85.1 Å². The molecule has 0 amide bonds. The number of allylic oxidation sites excluding steroid dienone is 1. The van der Waals surface area contributed by atoms with Gasteiger partial charge in [-0.2, -0.15) is 0 Å². The van der Waals surface area contributed by atoms with Crippen molar-refractivity contribution in [3.8, 4) is 0 Å². The molecule has 0 aliphatic rings. The van der Waals surface area contributed by atoms with Gasteiger partial charge in [-0.25, -0.2) is 4.79 Å². The van der Waals surface area contributed by atoms with Crippen molar-refractivity contribution in [2.24, 2.45) is 0 Å². The van der Waals surface area contributed by atoms with Crippen molar-refractivity contribution in [1.82, 2.24) is 0 Å². The molecular weight excluding hydrogens is 180 g/mol. The van der Waals surface area contributed by atoms with Gasteiger partial charge in [0.2, 0.25) is 0 Å². The molecular formula is C11H18O3. The summed E-state index contributed by atoms with van der Waals surface area (Å²) < 4.78 is 4.80. The zero-order chi connectivity index (χ0) is 11.0. The lowest BCUT2D eigenvalue weighted by Gasteiger charge is -2.04. The minimum atomic E-state index is -0.493. The summed E-state index contributed by atoms with van der Waals surface area (Å²) >= 11 is 0. The predicted molar refractivity (Wildman–Crippen MR) is 54.9 cm³/mol. The Morgan fingerprint density at radius 1 is 1.21 bits per heavy atom. The van der Waals surface area contributed by atoms with Gasteiger partial charge in [0.05, 0.1) is 12.2 Å². The Morgan fingerprint density at radius 3 is 2.29 bits per heavy atom. The van der Waals surface area contributed by atoms with Gasteiger partial charge in [-0.05, 0) is 19.8 Å². The van der Waals surface area contributed by atoms with Gasteiger partial charge in [0.1, 0.15) is 0 Å². The van der Waals surface area contributed by atoms with Crippen molar-refractivity contribution >= 4 is 11.8 Å². The minimum absolute atomic E-state index is 0.118. The van der Waals surface area contributed by atoms with Crippen molar-refractivity contribution in [3.05, 3.63) is 11.6 Å². The van der Waals surface area contributed by atoms with E-state index in [-0.39, 0.29) is 11.4 Å². The number of carbonyl (C=O) groups excluding carboxylic acids is 2. The van der Waals surface area contributed by atoms with Crippen LogP contribution < -0.4 is 0 Å². The molecule has 0 N–H and O–H groups in total. The number of hydrogen-bond donors (Lipinski definition) is 0. The molecule has 0 atom stereocenters. The molecule has 0 aromatic heterocycles. The first-order valence-electron chi connectivity index (χ1n) is 5.07. The fourth-order valence-corrected chi connectivity index (χ4v) is 1.09. The normalized spacial score (nSPS) is 11.2. The summed E-state index contributed by atoms with van der Waals surface area (Å²) in [5.41, 5.74) is 0.205. The van der Waals surface area contributed by atoms with Crippen LogP contribution in [0.4, 0.5) is 0 Å². The van der Waals surface area contributed by atoms with E-state index < -0.39 is 5.97 Å². The summed E-state index contributed by atoms with van der Waals surface area (Å²) in [4.78, 5) is 22.8. The third-order valence-corrected chi connectivity index (χ3v) is 1.68. The van der Waals surface area contributed by atoms with Crippen molar-refractivity contribution in [3.63, 3.8) is 0 Å². The number of hydrogen-bond acceptors (Lipinski definition) is 3. The second-order valence-corrected chi connectivity index (χ2v) is 2.92. The average molecular weight is 198 g/mol. The van der Waals surface area contributed by atoms with Gasteiger partial charge in [0.25, 0.3) is 0 Å². The van der Waals surface area contributed by atoms with E-state index in [4.69, 9.17) is 4.74 Å². The van der Waals surface area contributed by atoms with Gasteiger partial charge >= 0.3 is 5.97 Å². The van der Waals surface area contributed by atoms with E-state index in [0.29, 0.717) is 19.4 Å². The Kier molecular flexibility index (Phi) is 6.72. The minimum Gasteiger partial charge on any atom is -0.462 e. The first-order valence-corrected chi connectivity index (χ1v) is 5.07. The summed E-state index contributed by atoms with van der Waals surface area (Å²) in [5.74, 6) is -0.611. The molecule has 0 saturated carbocycles. The predicted octanol–water partition coefficient (Wildman–Crippen LogP) is 2.26. The number of esters is 1. The van der Waals surface area contributed by atoms with Gasteiger partial charge in [0, 0.05) is 6.42 Å². The highest BCUT2D eigenvalue weighted by molar-refractivity contribution is 6.17. The van der Waals surface area contributed by atoms with E-state index in [0.717, 1.165) is 6.42 Å². The van der Waals surface area contributed by atoms with Crippen molar-refractivity contribution < 1.29 is 14.3 Å². The highest BCUT2D eigenvalue weighted by atomic mass is 16.5. The Hall–Kier alpha value is -1.12. The lowest BCUT2D eigenvalue weighted by atomic mass is 10.1. The molecule has 80 valence electrons. The third kappa shape index (κ3) is 4.21. The van der Waals surface area contributed by atoms with Gasteiger partial charge in [-0.3, -0.25) is 4.79 Å². The summed E-state index contributed by atoms with van der Waals surface area (Å²) in [6, 6.07) is 0. The van der Waals surface area contributed by atoms with E-state index in [1.807, 2.05) is 13.8 Å². The molecule has 3 nitrogen and oxygen atoms in total. The Balaban J connectivity index is 4.51. The van der Waals surface area contributed by atoms with Crippen LogP contribution in [0.2, 0.25) is 0 Å². The van der Waals surface area contributed by atoms with Crippen LogP contribution in [-0.4, -0.2) is 18.4 Å². The van der Waals surface area contributed by atoms with Crippen LogP contribution in [0.15, 0.2) is 11.6 Å². The summed E-state index contributed by atoms with van der Waals surface area (Å²) in [7, 11) is 0. The quantitative estimate of drug-likeness (QED) is 0.284. The zero-order valence-electron chi connectivity index (χ0n) is 9.13. The SMILES string of the molecule is CC/C=C(/C(=O)CCC)C(=O)OCC. The second-order valence-electron chi connectivity index (χ2n) is 2.92. The maximum absolute atomic E-state index is 11.5. The Morgan fingerprint density at radius 2 is 1.86 bits per heavy atom. The molecule has 0 aromatic carbocycles. The molecule has 0 aliphatic heterocycles. The van der Waals surface area contributed by atoms with Crippen molar-refractivity contribution in [2.45, 2.75) is 40.0 Å². The van der Waals surface area contributed by atoms with Crippen LogP contribution in [0.25, 0.3) is 0 Å². The van der Waals surface area contributed by atoms with Gasteiger partial charge in [0.15, 0.2) is 5.78 Å². The smallest absolute Gasteiger partial charge is 0.341 e. The van der Waals surface area contributed by atoms with E-state index in [2.05, 4.69) is 0 Å². The lowest BCUT2D eigenvalue weighted by molar-refractivity contribution is -0.140. The topological polar surface area (TPSA) is 43.4 Å². The zero-order valence-corrected chi connectivity index (χ0v) is 9.13. The maximum Gasteiger partial charge on any atom is 0.341 e. The van der Waals surface area contributed by atoms with Gasteiger partial charge in [-0.15, -0.1) is 0 Å². The highest BCUT2D eigenvalue weighted by Gasteiger charge is 2.17. The van der Waals surface area contributed by atoms with Crippen LogP contribution in [-0.2, 0) is 14.3 Å². The molecule has 0 spiro atoms. The maximum atomic E-state index is 11.5. The number of Topliss-reactive ketones (excluding diaryl/α,β-unsaturated/α-hetero) is 1. The summed E-state index contributed by atoms with van der Waals surface area (Å²) in [5, 5.41) is 0.